The van der Waals surface area contributed by atoms with E-state index < -0.39 is 0 Å². The van der Waals surface area contributed by atoms with E-state index in [0.717, 1.165) is 4.48 Å². The first-order valence-corrected chi connectivity index (χ1v) is 7.08. The number of hydrogen-bond donors (Lipinski definition) is 0. The number of benzene rings is 1. The van der Waals surface area contributed by atoms with E-state index in [1.165, 1.54) is 31.2 Å². The van der Waals surface area contributed by atoms with Gasteiger partial charge in [-0.25, -0.2) is 0 Å². The molecule has 0 spiro atoms. The third kappa shape index (κ3) is 6.79. The highest BCUT2D eigenvalue weighted by molar-refractivity contribution is 5.21. The molecule has 0 N–H and O–H groups in total. The number of rotatable bonds is 7. The van der Waals surface area contributed by atoms with Gasteiger partial charge in [0.05, 0.1) is 21.1 Å². The number of unbranched alkanes of at least 4 members (excludes halogenated alkanes) is 3. The fraction of sp³-hybridized carbons (Fsp3) is 0.529. The second kappa shape index (κ2) is 9.17. The van der Waals surface area contributed by atoms with Crippen molar-refractivity contribution in [2.75, 3.05) is 21.1 Å². The molecule has 1 unspecified atom stereocenters. The van der Waals surface area contributed by atoms with Gasteiger partial charge in [-0.1, -0.05) is 56.2 Å². The minimum absolute atomic E-state index is 0. The van der Waals surface area contributed by atoms with Crippen LogP contribution in [0.1, 0.15) is 44.2 Å². The molecule has 0 aliphatic heterocycles. The lowest BCUT2D eigenvalue weighted by Crippen LogP contribution is -3.00. The van der Waals surface area contributed by atoms with Gasteiger partial charge >= 0.3 is 0 Å². The van der Waals surface area contributed by atoms with E-state index in [2.05, 4.69) is 70.6 Å². The Morgan fingerprint density at radius 1 is 1.05 bits per heavy atom. The smallest absolute Gasteiger partial charge is 0.133 e. The SMILES string of the molecule is CCCCCC=CC(c1ccccc1)[N+](C)(C)C.[Cl-]. The van der Waals surface area contributed by atoms with Crippen LogP contribution in [0.5, 0.6) is 0 Å². The first-order valence-electron chi connectivity index (χ1n) is 7.08. The Balaban J connectivity index is 0.00000324. The lowest BCUT2D eigenvalue weighted by molar-refractivity contribution is -0.895. The van der Waals surface area contributed by atoms with Crippen LogP contribution in [-0.4, -0.2) is 25.6 Å². The Morgan fingerprint density at radius 2 is 1.68 bits per heavy atom. The summed E-state index contributed by atoms with van der Waals surface area (Å²) in [6.45, 7) is 2.25. The lowest BCUT2D eigenvalue weighted by atomic mass is 10.0. The van der Waals surface area contributed by atoms with E-state index in [9.17, 15) is 0 Å². The van der Waals surface area contributed by atoms with Crippen LogP contribution in [0.3, 0.4) is 0 Å². The topological polar surface area (TPSA) is 0 Å². The summed E-state index contributed by atoms with van der Waals surface area (Å²) in [6, 6.07) is 11.2. The number of nitrogens with zero attached hydrogens (tertiary/aromatic N) is 1. The van der Waals surface area contributed by atoms with E-state index in [-0.39, 0.29) is 12.4 Å². The van der Waals surface area contributed by atoms with Crippen molar-refractivity contribution in [3.05, 3.63) is 48.0 Å². The molecular weight excluding hydrogens is 254 g/mol. The van der Waals surface area contributed by atoms with Crippen LogP contribution < -0.4 is 12.4 Å². The highest BCUT2D eigenvalue weighted by Gasteiger charge is 2.22. The zero-order chi connectivity index (χ0) is 13.4. The monoisotopic (exact) mass is 281 g/mol. The maximum absolute atomic E-state index is 2.38. The Labute approximate surface area is 125 Å². The van der Waals surface area contributed by atoms with Gasteiger partial charge in [0.25, 0.3) is 0 Å². The fourth-order valence-electron chi connectivity index (χ4n) is 2.20. The van der Waals surface area contributed by atoms with Gasteiger partial charge in [-0.05, 0) is 18.9 Å². The Kier molecular flexibility index (Phi) is 8.79. The summed E-state index contributed by atoms with van der Waals surface area (Å²) >= 11 is 0. The summed E-state index contributed by atoms with van der Waals surface area (Å²) in [5.74, 6) is 0. The molecule has 19 heavy (non-hydrogen) atoms. The molecule has 0 saturated carbocycles. The van der Waals surface area contributed by atoms with Gasteiger partial charge in [-0.15, -0.1) is 0 Å². The molecule has 0 radical (unpaired) electrons. The van der Waals surface area contributed by atoms with Gasteiger partial charge in [0.15, 0.2) is 0 Å². The molecule has 0 aliphatic rings. The van der Waals surface area contributed by atoms with Crippen molar-refractivity contribution in [3.63, 3.8) is 0 Å². The minimum atomic E-state index is 0. The molecular formula is C17H28ClN. The second-order valence-electron chi connectivity index (χ2n) is 5.90. The first-order chi connectivity index (χ1) is 8.55. The van der Waals surface area contributed by atoms with Gasteiger partial charge in [0, 0.05) is 5.56 Å². The van der Waals surface area contributed by atoms with Gasteiger partial charge in [-0.3, -0.25) is 0 Å². The van der Waals surface area contributed by atoms with Gasteiger partial charge in [0.1, 0.15) is 6.04 Å². The molecule has 1 atom stereocenters. The predicted molar refractivity (Wildman–Crippen MR) is 80.5 cm³/mol. The number of quaternary nitrogens is 1. The van der Waals surface area contributed by atoms with Crippen LogP contribution in [0.4, 0.5) is 0 Å². The maximum Gasteiger partial charge on any atom is 0.133 e. The molecule has 0 saturated heterocycles. The van der Waals surface area contributed by atoms with Crippen LogP contribution in [0, 0.1) is 0 Å². The molecule has 0 amide bonds. The van der Waals surface area contributed by atoms with Crippen molar-refractivity contribution in [3.8, 4) is 0 Å². The molecule has 108 valence electrons. The van der Waals surface area contributed by atoms with Crippen molar-refractivity contribution >= 4 is 0 Å². The van der Waals surface area contributed by atoms with Crippen LogP contribution in [0.15, 0.2) is 42.5 Å². The number of likely N-dealkylation sites (N-methyl/N-ethyl adjacent to an activating group) is 1. The summed E-state index contributed by atoms with van der Waals surface area (Å²) in [7, 11) is 6.77. The van der Waals surface area contributed by atoms with Crippen LogP contribution in [0.25, 0.3) is 0 Å². The normalized spacial score (nSPS) is 13.3. The average molecular weight is 282 g/mol. The summed E-state index contributed by atoms with van der Waals surface area (Å²) in [5, 5.41) is 0. The van der Waals surface area contributed by atoms with Crippen molar-refractivity contribution < 1.29 is 16.9 Å². The Hall–Kier alpha value is -0.790. The number of halogens is 1. The zero-order valence-electron chi connectivity index (χ0n) is 12.8. The Morgan fingerprint density at radius 3 is 2.21 bits per heavy atom. The average Bonchev–Trinajstić information content (AvgIpc) is 2.33. The molecule has 0 aliphatic carbocycles. The first kappa shape index (κ1) is 18.2. The van der Waals surface area contributed by atoms with E-state index in [0.29, 0.717) is 6.04 Å². The van der Waals surface area contributed by atoms with E-state index >= 15 is 0 Å². The van der Waals surface area contributed by atoms with Crippen LogP contribution in [-0.2, 0) is 0 Å². The summed E-state index contributed by atoms with van der Waals surface area (Å²) in [5.41, 5.74) is 1.40. The molecule has 1 aromatic carbocycles. The standard InChI is InChI=1S/C17H28N.ClH/c1-5-6-7-8-12-15-17(18(2,3)4)16-13-10-9-11-14-16;/h9-15,17H,5-8H2,1-4H3;1H/q+1;/p-1. The molecule has 0 heterocycles. The number of hydrogen-bond acceptors (Lipinski definition) is 0. The Bertz CT molecular complexity index is 351. The summed E-state index contributed by atoms with van der Waals surface area (Å²) in [4.78, 5) is 0. The van der Waals surface area contributed by atoms with E-state index in [4.69, 9.17) is 0 Å². The van der Waals surface area contributed by atoms with E-state index in [1.807, 2.05) is 0 Å². The van der Waals surface area contributed by atoms with E-state index in [1.54, 1.807) is 0 Å². The predicted octanol–water partition coefficient (Wildman–Crippen LogP) is 1.57. The number of allylic oxidation sites excluding steroid dienone is 1. The van der Waals surface area contributed by atoms with Crippen LogP contribution >= 0.6 is 0 Å². The summed E-state index contributed by atoms with van der Waals surface area (Å²) < 4.78 is 0.939. The molecule has 0 bridgehead atoms. The van der Waals surface area contributed by atoms with Crippen molar-refractivity contribution in [2.45, 2.75) is 38.6 Å². The van der Waals surface area contributed by atoms with Gasteiger partial charge in [0.2, 0.25) is 0 Å². The fourth-order valence-corrected chi connectivity index (χ4v) is 2.20. The molecule has 1 nitrogen and oxygen atoms in total. The van der Waals surface area contributed by atoms with Gasteiger partial charge in [-0.2, -0.15) is 0 Å². The largest absolute Gasteiger partial charge is 1.00 e. The quantitative estimate of drug-likeness (QED) is 0.404. The molecule has 2 heteroatoms. The minimum Gasteiger partial charge on any atom is -1.00 e. The molecule has 1 aromatic rings. The molecule has 0 aromatic heterocycles. The van der Waals surface area contributed by atoms with Crippen LogP contribution in [0.2, 0.25) is 0 Å². The second-order valence-corrected chi connectivity index (χ2v) is 5.90. The molecule has 1 rings (SSSR count). The third-order valence-corrected chi connectivity index (χ3v) is 3.27. The highest BCUT2D eigenvalue weighted by Crippen LogP contribution is 2.24. The third-order valence-electron chi connectivity index (χ3n) is 3.27. The zero-order valence-corrected chi connectivity index (χ0v) is 13.5. The summed E-state index contributed by atoms with van der Waals surface area (Å²) in [6.07, 6.45) is 9.89. The van der Waals surface area contributed by atoms with Crippen molar-refractivity contribution in [2.24, 2.45) is 0 Å². The highest BCUT2D eigenvalue weighted by atomic mass is 35.5. The lowest BCUT2D eigenvalue weighted by Gasteiger charge is -2.32. The van der Waals surface area contributed by atoms with Crippen molar-refractivity contribution in [1.82, 2.24) is 0 Å². The molecule has 0 fully saturated rings. The van der Waals surface area contributed by atoms with Crippen molar-refractivity contribution in [1.29, 1.82) is 0 Å². The van der Waals surface area contributed by atoms with Gasteiger partial charge < -0.3 is 16.9 Å². The maximum atomic E-state index is 2.38.